The van der Waals surface area contributed by atoms with Gasteiger partial charge in [0.2, 0.25) is 5.89 Å². The summed E-state index contributed by atoms with van der Waals surface area (Å²) in [6, 6.07) is 21.2. The third kappa shape index (κ3) is 3.12. The number of hydrogen-bond acceptors (Lipinski definition) is 4. The van der Waals surface area contributed by atoms with Crippen molar-refractivity contribution in [1.29, 1.82) is 0 Å². The molecule has 4 rings (SSSR count). The molecule has 0 bridgehead atoms. The quantitative estimate of drug-likeness (QED) is 0.603. The van der Waals surface area contributed by atoms with Crippen molar-refractivity contribution in [3.63, 3.8) is 0 Å². The van der Waals surface area contributed by atoms with Gasteiger partial charge in [-0.15, -0.1) is 5.10 Å². The van der Waals surface area contributed by atoms with Crippen LogP contribution >= 0.6 is 0 Å². The molecule has 0 spiro atoms. The monoisotopic (exact) mass is 329 g/mol. The fraction of sp³-hybridized carbons (Fsp3) is 0.0500. The zero-order valence-corrected chi connectivity index (χ0v) is 13.6. The topological polar surface area (TPSA) is 68.0 Å². The van der Waals surface area contributed by atoms with Crippen molar-refractivity contribution in [2.75, 3.05) is 5.32 Å². The standard InChI is InChI=1S/C20H15N3O2/c1-13-6-8-15(9-7-13)19-22-23-20(25-19)21-18(24)17-11-10-14-4-2-3-5-16(14)12-17/h2-12H,1H3,(H,21,23,24). The molecule has 0 fully saturated rings. The lowest BCUT2D eigenvalue weighted by Gasteiger charge is -2.03. The molecule has 0 unspecified atom stereocenters. The van der Waals surface area contributed by atoms with E-state index in [2.05, 4.69) is 15.5 Å². The van der Waals surface area contributed by atoms with Gasteiger partial charge in [0, 0.05) is 11.1 Å². The van der Waals surface area contributed by atoms with Crippen LogP contribution in [0.3, 0.4) is 0 Å². The molecule has 1 aromatic heterocycles. The number of nitrogens with one attached hydrogen (secondary N) is 1. The molecule has 3 aromatic carbocycles. The van der Waals surface area contributed by atoms with Crippen LogP contribution in [-0.4, -0.2) is 16.1 Å². The first-order valence-corrected chi connectivity index (χ1v) is 7.90. The molecule has 0 aliphatic carbocycles. The number of nitrogens with zero attached hydrogens (tertiary/aromatic N) is 2. The van der Waals surface area contributed by atoms with Crippen molar-refractivity contribution >= 4 is 22.7 Å². The first-order chi connectivity index (χ1) is 12.2. The summed E-state index contributed by atoms with van der Waals surface area (Å²) in [6.45, 7) is 2.01. The van der Waals surface area contributed by atoms with Gasteiger partial charge in [0.1, 0.15) is 0 Å². The van der Waals surface area contributed by atoms with E-state index >= 15 is 0 Å². The zero-order chi connectivity index (χ0) is 17.2. The van der Waals surface area contributed by atoms with Gasteiger partial charge in [-0.3, -0.25) is 10.1 Å². The molecule has 5 heteroatoms. The van der Waals surface area contributed by atoms with Crippen molar-refractivity contribution in [2.24, 2.45) is 0 Å². The van der Waals surface area contributed by atoms with Crippen molar-refractivity contribution in [1.82, 2.24) is 10.2 Å². The number of rotatable bonds is 3. The van der Waals surface area contributed by atoms with Gasteiger partial charge in [-0.25, -0.2) is 0 Å². The number of benzene rings is 3. The SMILES string of the molecule is Cc1ccc(-c2nnc(NC(=O)c3ccc4ccccc4c3)o2)cc1. The van der Waals surface area contributed by atoms with E-state index in [9.17, 15) is 4.79 Å². The Labute approximate surface area is 144 Å². The highest BCUT2D eigenvalue weighted by Crippen LogP contribution is 2.21. The van der Waals surface area contributed by atoms with E-state index in [1.807, 2.05) is 67.6 Å². The summed E-state index contributed by atoms with van der Waals surface area (Å²) in [4.78, 5) is 12.4. The highest BCUT2D eigenvalue weighted by molar-refractivity contribution is 6.05. The Kier molecular flexibility index (Phi) is 3.74. The fourth-order valence-corrected chi connectivity index (χ4v) is 2.59. The van der Waals surface area contributed by atoms with E-state index in [1.165, 1.54) is 0 Å². The van der Waals surface area contributed by atoms with Crippen LogP contribution in [0.1, 0.15) is 15.9 Å². The minimum absolute atomic E-state index is 0.0775. The Morgan fingerprint density at radius 3 is 2.48 bits per heavy atom. The number of carbonyl (C=O) groups excluding carboxylic acids is 1. The van der Waals surface area contributed by atoms with Crippen molar-refractivity contribution in [2.45, 2.75) is 6.92 Å². The maximum absolute atomic E-state index is 12.4. The van der Waals surface area contributed by atoms with Gasteiger partial charge in [-0.05, 0) is 42.0 Å². The molecule has 25 heavy (non-hydrogen) atoms. The number of anilines is 1. The first-order valence-electron chi connectivity index (χ1n) is 7.90. The highest BCUT2D eigenvalue weighted by Gasteiger charge is 2.13. The maximum Gasteiger partial charge on any atom is 0.322 e. The summed E-state index contributed by atoms with van der Waals surface area (Å²) in [5.74, 6) is 0.0821. The van der Waals surface area contributed by atoms with Gasteiger partial charge in [-0.2, -0.15) is 0 Å². The molecule has 1 heterocycles. The molecule has 0 aliphatic heterocycles. The smallest absolute Gasteiger partial charge is 0.322 e. The Morgan fingerprint density at radius 1 is 0.920 bits per heavy atom. The minimum atomic E-state index is -0.287. The van der Waals surface area contributed by atoms with Crippen LogP contribution in [-0.2, 0) is 0 Å². The number of aryl methyl sites for hydroxylation is 1. The third-order valence-corrected chi connectivity index (χ3v) is 3.96. The van der Waals surface area contributed by atoms with Gasteiger partial charge >= 0.3 is 6.01 Å². The van der Waals surface area contributed by atoms with Crippen molar-refractivity contribution in [3.05, 3.63) is 77.9 Å². The molecular formula is C20H15N3O2. The Hall–Kier alpha value is -3.47. The number of fused-ring (bicyclic) bond motifs is 1. The van der Waals surface area contributed by atoms with E-state index in [-0.39, 0.29) is 11.9 Å². The average Bonchev–Trinajstić information content (AvgIpc) is 3.10. The van der Waals surface area contributed by atoms with Crippen LogP contribution in [0.25, 0.3) is 22.2 Å². The Balaban J connectivity index is 1.55. The molecular weight excluding hydrogens is 314 g/mol. The predicted molar refractivity (Wildman–Crippen MR) is 96.4 cm³/mol. The van der Waals surface area contributed by atoms with Crippen LogP contribution in [0, 0.1) is 6.92 Å². The number of hydrogen-bond donors (Lipinski definition) is 1. The minimum Gasteiger partial charge on any atom is -0.403 e. The van der Waals surface area contributed by atoms with Crippen molar-refractivity contribution in [3.8, 4) is 11.5 Å². The number of carbonyl (C=O) groups is 1. The normalized spacial score (nSPS) is 10.8. The van der Waals surface area contributed by atoms with E-state index in [0.29, 0.717) is 11.5 Å². The molecule has 0 radical (unpaired) electrons. The molecule has 0 saturated heterocycles. The Morgan fingerprint density at radius 2 is 1.68 bits per heavy atom. The van der Waals surface area contributed by atoms with Gasteiger partial charge < -0.3 is 4.42 Å². The lowest BCUT2D eigenvalue weighted by Crippen LogP contribution is -2.12. The lowest BCUT2D eigenvalue weighted by atomic mass is 10.1. The van der Waals surface area contributed by atoms with Crippen LogP contribution in [0.2, 0.25) is 0 Å². The largest absolute Gasteiger partial charge is 0.403 e. The predicted octanol–water partition coefficient (Wildman–Crippen LogP) is 4.45. The maximum atomic E-state index is 12.4. The summed E-state index contributed by atoms with van der Waals surface area (Å²) in [6.07, 6.45) is 0. The average molecular weight is 329 g/mol. The van der Waals surface area contributed by atoms with Gasteiger partial charge in [0.05, 0.1) is 0 Å². The van der Waals surface area contributed by atoms with Gasteiger partial charge in [-0.1, -0.05) is 53.1 Å². The molecule has 0 atom stereocenters. The number of aromatic nitrogens is 2. The van der Waals surface area contributed by atoms with Gasteiger partial charge in [0.25, 0.3) is 5.91 Å². The molecule has 0 saturated carbocycles. The van der Waals surface area contributed by atoms with Crippen LogP contribution in [0.15, 0.2) is 71.1 Å². The second-order valence-electron chi connectivity index (χ2n) is 5.79. The molecule has 4 aromatic rings. The molecule has 1 N–H and O–H groups in total. The summed E-state index contributed by atoms with van der Waals surface area (Å²) in [7, 11) is 0. The van der Waals surface area contributed by atoms with Crippen LogP contribution in [0.4, 0.5) is 6.01 Å². The van der Waals surface area contributed by atoms with E-state index in [1.54, 1.807) is 6.07 Å². The fourth-order valence-electron chi connectivity index (χ4n) is 2.59. The van der Waals surface area contributed by atoms with E-state index in [4.69, 9.17) is 4.42 Å². The highest BCUT2D eigenvalue weighted by atomic mass is 16.4. The molecule has 5 nitrogen and oxygen atoms in total. The second kappa shape index (κ2) is 6.20. The summed E-state index contributed by atoms with van der Waals surface area (Å²) < 4.78 is 5.54. The van der Waals surface area contributed by atoms with Gasteiger partial charge in [0.15, 0.2) is 0 Å². The molecule has 122 valence electrons. The zero-order valence-electron chi connectivity index (χ0n) is 13.6. The second-order valence-corrected chi connectivity index (χ2v) is 5.79. The molecule has 0 aliphatic rings. The first kappa shape index (κ1) is 15.1. The number of amides is 1. The van der Waals surface area contributed by atoms with Crippen LogP contribution in [0.5, 0.6) is 0 Å². The van der Waals surface area contributed by atoms with E-state index < -0.39 is 0 Å². The summed E-state index contributed by atoms with van der Waals surface area (Å²) in [5.41, 5.74) is 2.49. The van der Waals surface area contributed by atoms with Crippen LogP contribution < -0.4 is 5.32 Å². The third-order valence-electron chi connectivity index (χ3n) is 3.96. The lowest BCUT2D eigenvalue weighted by molar-refractivity contribution is 0.102. The summed E-state index contributed by atoms with van der Waals surface area (Å²) in [5, 5.41) is 12.6. The van der Waals surface area contributed by atoms with E-state index in [0.717, 1.165) is 21.9 Å². The summed E-state index contributed by atoms with van der Waals surface area (Å²) >= 11 is 0. The molecule has 1 amide bonds. The Bertz CT molecular complexity index is 1050. The van der Waals surface area contributed by atoms with Crippen molar-refractivity contribution < 1.29 is 9.21 Å².